The number of methoxy groups -OCH3 is 1. The van der Waals surface area contributed by atoms with Crippen LogP contribution < -0.4 is 15.5 Å². The van der Waals surface area contributed by atoms with Crippen LogP contribution in [0.15, 0.2) is 67.0 Å². The Labute approximate surface area is 175 Å². The molecule has 0 aliphatic carbocycles. The summed E-state index contributed by atoms with van der Waals surface area (Å²) in [4.78, 5) is 22.0. The number of benzene rings is 2. The molecular weight excluding hydrogens is 380 g/mol. The van der Waals surface area contributed by atoms with Gasteiger partial charge in [-0.2, -0.15) is 5.26 Å². The maximum absolute atomic E-state index is 12.6. The Morgan fingerprint density at radius 1 is 1.10 bits per heavy atom. The monoisotopic (exact) mass is 402 g/mol. The second kappa shape index (κ2) is 10.6. The lowest BCUT2D eigenvalue weighted by molar-refractivity contribution is 0.0227. The summed E-state index contributed by atoms with van der Waals surface area (Å²) in [6, 6.07) is 18.6. The maximum Gasteiger partial charge on any atom is 0.276 e. The number of rotatable bonds is 9. The molecule has 0 atom stereocenters. The fraction of sp³-hybridized carbons (Fsp3) is 0.174. The van der Waals surface area contributed by atoms with Crippen molar-refractivity contribution in [1.82, 2.24) is 10.5 Å². The summed E-state index contributed by atoms with van der Waals surface area (Å²) in [6.07, 6.45) is 3.76. The minimum Gasteiger partial charge on any atom is -0.496 e. The number of nitrogens with zero attached hydrogens (tertiary/aromatic N) is 2. The van der Waals surface area contributed by atoms with E-state index in [1.165, 1.54) is 0 Å². The number of nitriles is 1. The average molecular weight is 402 g/mol. The number of amides is 1. The van der Waals surface area contributed by atoms with E-state index in [2.05, 4.69) is 21.9 Å². The van der Waals surface area contributed by atoms with Gasteiger partial charge in [-0.1, -0.05) is 24.3 Å². The number of hydrogen-bond acceptors (Lipinski definition) is 6. The Kier molecular flexibility index (Phi) is 7.36. The molecule has 3 rings (SSSR count). The van der Waals surface area contributed by atoms with E-state index >= 15 is 0 Å². The van der Waals surface area contributed by atoms with Crippen molar-refractivity contribution in [3.05, 3.63) is 89.2 Å². The van der Waals surface area contributed by atoms with Gasteiger partial charge in [-0.15, -0.1) is 0 Å². The minimum atomic E-state index is -0.354. The number of hydrogen-bond donors (Lipinski definition) is 2. The summed E-state index contributed by atoms with van der Waals surface area (Å²) >= 11 is 0. The number of para-hydroxylation sites is 1. The molecule has 1 heterocycles. The summed E-state index contributed by atoms with van der Waals surface area (Å²) in [5.74, 6) is 0.254. The standard InChI is InChI=1S/C23H22N4O3/c1-29-22-14-17(8-11-24)6-7-19(22)16-30-27-23(28)20-4-2-3-5-21(20)26-15-18-9-12-25-13-10-18/h2-7,9-10,12-14,26H,8,15-16H2,1H3,(H,27,28). The van der Waals surface area contributed by atoms with Gasteiger partial charge in [0.1, 0.15) is 12.4 Å². The molecule has 1 aromatic heterocycles. The average Bonchev–Trinajstić information content (AvgIpc) is 2.79. The van der Waals surface area contributed by atoms with Crippen LogP contribution >= 0.6 is 0 Å². The van der Waals surface area contributed by atoms with E-state index < -0.39 is 0 Å². The first kappa shape index (κ1) is 20.8. The number of carbonyl (C=O) groups is 1. The van der Waals surface area contributed by atoms with E-state index in [0.29, 0.717) is 30.0 Å². The number of carbonyl (C=O) groups excluding carboxylic acids is 1. The fourth-order valence-corrected chi connectivity index (χ4v) is 2.88. The Morgan fingerprint density at radius 3 is 2.67 bits per heavy atom. The minimum absolute atomic E-state index is 0.133. The molecule has 2 N–H and O–H groups in total. The van der Waals surface area contributed by atoms with Crippen molar-refractivity contribution in [1.29, 1.82) is 5.26 Å². The highest BCUT2D eigenvalue weighted by atomic mass is 16.7. The predicted molar refractivity (Wildman–Crippen MR) is 113 cm³/mol. The van der Waals surface area contributed by atoms with Crippen molar-refractivity contribution in [2.75, 3.05) is 12.4 Å². The highest BCUT2D eigenvalue weighted by Gasteiger charge is 2.12. The molecule has 30 heavy (non-hydrogen) atoms. The summed E-state index contributed by atoms with van der Waals surface area (Å²) < 4.78 is 5.35. The van der Waals surface area contributed by atoms with Crippen LogP contribution in [0.5, 0.6) is 5.75 Å². The Morgan fingerprint density at radius 2 is 1.90 bits per heavy atom. The number of anilines is 1. The van der Waals surface area contributed by atoms with Crippen LogP contribution in [0.3, 0.4) is 0 Å². The highest BCUT2D eigenvalue weighted by molar-refractivity contribution is 5.99. The molecule has 3 aromatic rings. The van der Waals surface area contributed by atoms with Crippen LogP contribution in [0.4, 0.5) is 5.69 Å². The van der Waals surface area contributed by atoms with Crippen LogP contribution in [0.1, 0.15) is 27.0 Å². The summed E-state index contributed by atoms with van der Waals surface area (Å²) in [6.45, 7) is 0.703. The van der Waals surface area contributed by atoms with Crippen LogP contribution in [-0.2, 0) is 24.4 Å². The van der Waals surface area contributed by atoms with Gasteiger partial charge in [0.15, 0.2) is 0 Å². The smallest absolute Gasteiger partial charge is 0.276 e. The van der Waals surface area contributed by atoms with Crippen molar-refractivity contribution in [3.8, 4) is 11.8 Å². The molecule has 0 saturated carbocycles. The number of hydroxylamine groups is 1. The number of ether oxygens (including phenoxy) is 1. The third-order valence-corrected chi connectivity index (χ3v) is 4.43. The second-order valence-electron chi connectivity index (χ2n) is 6.46. The van der Waals surface area contributed by atoms with Gasteiger partial charge >= 0.3 is 0 Å². The van der Waals surface area contributed by atoms with Crippen LogP contribution in [0.25, 0.3) is 0 Å². The van der Waals surface area contributed by atoms with Crippen molar-refractivity contribution in [2.24, 2.45) is 0 Å². The van der Waals surface area contributed by atoms with Crippen molar-refractivity contribution in [2.45, 2.75) is 19.6 Å². The molecule has 0 saturated heterocycles. The summed E-state index contributed by atoms with van der Waals surface area (Å²) in [5.41, 5.74) is 6.34. The Bertz CT molecular complexity index is 1030. The molecular formula is C23H22N4O3. The zero-order valence-corrected chi connectivity index (χ0v) is 16.6. The van der Waals surface area contributed by atoms with Gasteiger partial charge < -0.3 is 10.1 Å². The number of aromatic nitrogens is 1. The molecule has 7 nitrogen and oxygen atoms in total. The molecule has 7 heteroatoms. The molecule has 0 fully saturated rings. The first-order valence-electron chi connectivity index (χ1n) is 9.38. The van der Waals surface area contributed by atoms with Crippen molar-refractivity contribution < 1.29 is 14.4 Å². The molecule has 1 amide bonds. The molecule has 152 valence electrons. The fourth-order valence-electron chi connectivity index (χ4n) is 2.88. The summed E-state index contributed by atoms with van der Waals surface area (Å²) in [5, 5.41) is 12.1. The van der Waals surface area contributed by atoms with Crippen molar-refractivity contribution >= 4 is 11.6 Å². The first-order valence-corrected chi connectivity index (χ1v) is 9.38. The zero-order chi connectivity index (χ0) is 21.2. The van der Waals surface area contributed by atoms with Crippen LogP contribution in [0.2, 0.25) is 0 Å². The highest BCUT2D eigenvalue weighted by Crippen LogP contribution is 2.21. The predicted octanol–water partition coefficient (Wildman–Crippen LogP) is 3.63. The molecule has 0 radical (unpaired) electrons. The van der Waals surface area contributed by atoms with Gasteiger partial charge in [0.25, 0.3) is 5.91 Å². The molecule has 0 unspecified atom stereocenters. The molecule has 0 aliphatic rings. The van der Waals surface area contributed by atoms with Gasteiger partial charge in [-0.05, 0) is 41.5 Å². The normalized spacial score (nSPS) is 10.1. The molecule has 0 spiro atoms. The number of pyridine rings is 1. The SMILES string of the molecule is COc1cc(CC#N)ccc1CONC(=O)c1ccccc1NCc1ccncc1. The van der Waals surface area contributed by atoms with E-state index in [1.807, 2.05) is 36.4 Å². The third-order valence-electron chi connectivity index (χ3n) is 4.43. The van der Waals surface area contributed by atoms with E-state index in [1.54, 1.807) is 37.7 Å². The second-order valence-corrected chi connectivity index (χ2v) is 6.46. The summed E-state index contributed by atoms with van der Waals surface area (Å²) in [7, 11) is 1.55. The quantitative estimate of drug-likeness (QED) is 0.531. The van der Waals surface area contributed by atoms with Crippen LogP contribution in [0, 0.1) is 11.3 Å². The lowest BCUT2D eigenvalue weighted by Gasteiger charge is -2.13. The van der Waals surface area contributed by atoms with Gasteiger partial charge in [0.2, 0.25) is 0 Å². The van der Waals surface area contributed by atoms with Gasteiger partial charge in [0.05, 0.1) is 25.2 Å². The van der Waals surface area contributed by atoms with Crippen LogP contribution in [-0.4, -0.2) is 18.0 Å². The lowest BCUT2D eigenvalue weighted by Crippen LogP contribution is -2.24. The van der Waals surface area contributed by atoms with E-state index in [9.17, 15) is 4.79 Å². The first-order chi connectivity index (χ1) is 14.7. The van der Waals surface area contributed by atoms with E-state index in [0.717, 1.165) is 16.7 Å². The zero-order valence-electron chi connectivity index (χ0n) is 16.6. The largest absolute Gasteiger partial charge is 0.496 e. The topological polar surface area (TPSA) is 96.3 Å². The molecule has 0 aliphatic heterocycles. The third kappa shape index (κ3) is 5.56. The van der Waals surface area contributed by atoms with Crippen molar-refractivity contribution in [3.63, 3.8) is 0 Å². The molecule has 0 bridgehead atoms. The van der Waals surface area contributed by atoms with E-state index in [-0.39, 0.29) is 12.5 Å². The maximum atomic E-state index is 12.6. The van der Waals surface area contributed by atoms with Gasteiger partial charge in [-0.3, -0.25) is 14.6 Å². The number of nitrogens with one attached hydrogen (secondary N) is 2. The van der Waals surface area contributed by atoms with E-state index in [4.69, 9.17) is 14.8 Å². The molecule has 2 aromatic carbocycles. The van der Waals surface area contributed by atoms with Gasteiger partial charge in [-0.25, -0.2) is 5.48 Å². The lowest BCUT2D eigenvalue weighted by atomic mass is 10.1. The Hall–Kier alpha value is -3.89. The van der Waals surface area contributed by atoms with Gasteiger partial charge in [0, 0.05) is 30.2 Å². The Balaban J connectivity index is 1.60.